The number of anilines is 1. The minimum Gasteiger partial charge on any atom is -0.376 e. The third kappa shape index (κ3) is 2.08. The predicted octanol–water partition coefficient (Wildman–Crippen LogP) is 1.12. The molecule has 0 bridgehead atoms. The molecule has 0 radical (unpaired) electrons. The molecule has 15 heavy (non-hydrogen) atoms. The molecule has 4 nitrogen and oxygen atoms in total. The SMILES string of the molecule is CC1(Nc2cccnc2C#N)CCNC1. The van der Waals surface area contributed by atoms with E-state index >= 15 is 0 Å². The van der Waals surface area contributed by atoms with E-state index in [0.717, 1.165) is 25.2 Å². The molecule has 78 valence electrons. The first-order valence-electron chi connectivity index (χ1n) is 5.07. The van der Waals surface area contributed by atoms with Gasteiger partial charge < -0.3 is 10.6 Å². The Hall–Kier alpha value is -1.60. The fraction of sp³-hybridized carbons (Fsp3) is 0.455. The monoisotopic (exact) mass is 202 g/mol. The lowest BCUT2D eigenvalue weighted by molar-refractivity contribution is 0.566. The molecule has 1 aromatic rings. The minimum atomic E-state index is 0.0363. The van der Waals surface area contributed by atoms with Crippen LogP contribution < -0.4 is 10.6 Å². The van der Waals surface area contributed by atoms with Crippen molar-refractivity contribution in [3.8, 4) is 6.07 Å². The van der Waals surface area contributed by atoms with Crippen molar-refractivity contribution in [2.75, 3.05) is 18.4 Å². The van der Waals surface area contributed by atoms with Gasteiger partial charge in [0.15, 0.2) is 5.69 Å². The molecule has 2 rings (SSSR count). The van der Waals surface area contributed by atoms with E-state index in [9.17, 15) is 0 Å². The zero-order valence-corrected chi connectivity index (χ0v) is 8.75. The molecule has 1 atom stereocenters. The van der Waals surface area contributed by atoms with Crippen molar-refractivity contribution in [1.29, 1.82) is 5.26 Å². The van der Waals surface area contributed by atoms with Gasteiger partial charge in [-0.05, 0) is 32.0 Å². The number of hydrogen-bond donors (Lipinski definition) is 2. The average molecular weight is 202 g/mol. The molecule has 1 unspecified atom stereocenters. The van der Waals surface area contributed by atoms with E-state index in [1.54, 1.807) is 6.20 Å². The Morgan fingerprint density at radius 1 is 1.67 bits per heavy atom. The minimum absolute atomic E-state index is 0.0363. The molecule has 0 spiro atoms. The van der Waals surface area contributed by atoms with Crippen LogP contribution in [-0.2, 0) is 0 Å². The molecule has 4 heteroatoms. The molecule has 1 aliphatic rings. The van der Waals surface area contributed by atoms with E-state index in [2.05, 4.69) is 28.6 Å². The summed E-state index contributed by atoms with van der Waals surface area (Å²) in [5.41, 5.74) is 1.33. The highest BCUT2D eigenvalue weighted by Crippen LogP contribution is 2.22. The van der Waals surface area contributed by atoms with Gasteiger partial charge in [0.25, 0.3) is 0 Å². The number of nitriles is 1. The molecule has 1 fully saturated rings. The van der Waals surface area contributed by atoms with Gasteiger partial charge in [0.2, 0.25) is 0 Å². The molecule has 0 saturated carbocycles. The highest BCUT2D eigenvalue weighted by atomic mass is 15.1. The molecule has 0 amide bonds. The summed E-state index contributed by atoms with van der Waals surface area (Å²) >= 11 is 0. The molecular weight excluding hydrogens is 188 g/mol. The van der Waals surface area contributed by atoms with Gasteiger partial charge in [0.1, 0.15) is 6.07 Å². The Morgan fingerprint density at radius 3 is 3.20 bits per heavy atom. The van der Waals surface area contributed by atoms with Crippen molar-refractivity contribution in [2.45, 2.75) is 18.9 Å². The van der Waals surface area contributed by atoms with E-state index in [4.69, 9.17) is 5.26 Å². The average Bonchev–Trinajstić information content (AvgIpc) is 2.66. The maximum Gasteiger partial charge on any atom is 0.163 e. The molecule has 0 aromatic carbocycles. The van der Waals surface area contributed by atoms with Crippen LogP contribution in [0.1, 0.15) is 19.0 Å². The van der Waals surface area contributed by atoms with Gasteiger partial charge in [-0.2, -0.15) is 5.26 Å². The van der Waals surface area contributed by atoms with Crippen molar-refractivity contribution in [1.82, 2.24) is 10.3 Å². The number of nitrogens with zero attached hydrogens (tertiary/aromatic N) is 2. The highest BCUT2D eigenvalue weighted by Gasteiger charge is 2.28. The van der Waals surface area contributed by atoms with Gasteiger partial charge in [0, 0.05) is 18.3 Å². The summed E-state index contributed by atoms with van der Waals surface area (Å²) in [7, 11) is 0. The lowest BCUT2D eigenvalue weighted by Crippen LogP contribution is -2.37. The van der Waals surface area contributed by atoms with Gasteiger partial charge in [0.05, 0.1) is 5.69 Å². The molecule has 0 aliphatic carbocycles. The highest BCUT2D eigenvalue weighted by molar-refractivity contribution is 5.55. The van der Waals surface area contributed by atoms with Crippen molar-refractivity contribution in [3.63, 3.8) is 0 Å². The van der Waals surface area contributed by atoms with Gasteiger partial charge in [-0.15, -0.1) is 0 Å². The first kappa shape index (κ1) is 9.94. The fourth-order valence-corrected chi connectivity index (χ4v) is 1.84. The molecule has 2 heterocycles. The summed E-state index contributed by atoms with van der Waals surface area (Å²) in [5.74, 6) is 0. The standard InChI is InChI=1S/C11H14N4/c1-11(4-6-13-8-11)15-9-3-2-5-14-10(9)7-12/h2-3,5,13,15H,4,6,8H2,1H3. The Morgan fingerprint density at radius 2 is 2.53 bits per heavy atom. The molecule has 1 aromatic heterocycles. The van der Waals surface area contributed by atoms with E-state index in [1.807, 2.05) is 12.1 Å². The van der Waals surface area contributed by atoms with Crippen LogP contribution in [0, 0.1) is 11.3 Å². The summed E-state index contributed by atoms with van der Waals surface area (Å²) in [6.45, 7) is 4.10. The Kier molecular flexibility index (Phi) is 2.57. The van der Waals surface area contributed by atoms with Gasteiger partial charge in [-0.3, -0.25) is 0 Å². The lowest BCUT2D eigenvalue weighted by Gasteiger charge is -2.26. The first-order chi connectivity index (χ1) is 7.23. The van der Waals surface area contributed by atoms with Crippen LogP contribution in [0.3, 0.4) is 0 Å². The lowest BCUT2D eigenvalue weighted by atomic mass is 10.0. The molecule has 1 saturated heterocycles. The second-order valence-corrected chi connectivity index (χ2v) is 4.12. The normalized spacial score (nSPS) is 24.8. The summed E-state index contributed by atoms with van der Waals surface area (Å²) in [6, 6.07) is 5.83. The van der Waals surface area contributed by atoms with Crippen molar-refractivity contribution in [2.24, 2.45) is 0 Å². The van der Waals surface area contributed by atoms with Crippen molar-refractivity contribution in [3.05, 3.63) is 24.0 Å². The van der Waals surface area contributed by atoms with Crippen molar-refractivity contribution < 1.29 is 0 Å². The van der Waals surface area contributed by atoms with E-state index in [1.165, 1.54) is 0 Å². The number of nitrogens with one attached hydrogen (secondary N) is 2. The summed E-state index contributed by atoms with van der Waals surface area (Å²) < 4.78 is 0. The summed E-state index contributed by atoms with van der Waals surface area (Å²) in [5, 5.41) is 15.6. The summed E-state index contributed by atoms with van der Waals surface area (Å²) in [4.78, 5) is 4.03. The zero-order valence-electron chi connectivity index (χ0n) is 8.75. The van der Waals surface area contributed by atoms with Crippen LogP contribution in [-0.4, -0.2) is 23.6 Å². The van der Waals surface area contributed by atoms with Gasteiger partial charge in [-0.1, -0.05) is 0 Å². The van der Waals surface area contributed by atoms with Gasteiger partial charge >= 0.3 is 0 Å². The van der Waals surface area contributed by atoms with Crippen molar-refractivity contribution >= 4 is 5.69 Å². The van der Waals surface area contributed by atoms with Crippen LogP contribution in [0.15, 0.2) is 18.3 Å². The number of pyridine rings is 1. The molecular formula is C11H14N4. The Balaban J connectivity index is 2.20. The van der Waals surface area contributed by atoms with Gasteiger partial charge in [-0.25, -0.2) is 4.98 Å². The third-order valence-electron chi connectivity index (χ3n) is 2.72. The van der Waals surface area contributed by atoms with Crippen LogP contribution in [0.25, 0.3) is 0 Å². The Bertz CT molecular complexity index is 388. The quantitative estimate of drug-likeness (QED) is 0.754. The maximum absolute atomic E-state index is 8.91. The predicted molar refractivity (Wildman–Crippen MR) is 58.5 cm³/mol. The van der Waals surface area contributed by atoms with E-state index in [0.29, 0.717) is 5.69 Å². The number of rotatable bonds is 2. The van der Waals surface area contributed by atoms with Crippen LogP contribution >= 0.6 is 0 Å². The smallest absolute Gasteiger partial charge is 0.163 e. The van der Waals surface area contributed by atoms with E-state index < -0.39 is 0 Å². The topological polar surface area (TPSA) is 60.7 Å². The number of hydrogen-bond acceptors (Lipinski definition) is 4. The molecule has 1 aliphatic heterocycles. The zero-order chi connectivity index (χ0) is 10.7. The van der Waals surface area contributed by atoms with Crippen LogP contribution in [0.4, 0.5) is 5.69 Å². The second kappa shape index (κ2) is 3.87. The van der Waals surface area contributed by atoms with E-state index in [-0.39, 0.29) is 5.54 Å². The maximum atomic E-state index is 8.91. The fourth-order valence-electron chi connectivity index (χ4n) is 1.84. The largest absolute Gasteiger partial charge is 0.376 e. The molecule has 2 N–H and O–H groups in total. The first-order valence-corrected chi connectivity index (χ1v) is 5.07. The second-order valence-electron chi connectivity index (χ2n) is 4.12. The third-order valence-corrected chi connectivity index (χ3v) is 2.72. The number of aromatic nitrogens is 1. The Labute approximate surface area is 89.3 Å². The van der Waals surface area contributed by atoms with Crippen LogP contribution in [0.2, 0.25) is 0 Å². The van der Waals surface area contributed by atoms with Crippen LogP contribution in [0.5, 0.6) is 0 Å². The summed E-state index contributed by atoms with van der Waals surface area (Å²) in [6.07, 6.45) is 2.70.